The molecule has 3 aliphatic rings. The quantitative estimate of drug-likeness (QED) is 0.800. The number of benzene rings is 1. The van der Waals surface area contributed by atoms with Crippen molar-refractivity contribution >= 4 is 23.5 Å². The molecule has 1 N–H and O–H groups in total. The van der Waals surface area contributed by atoms with Gasteiger partial charge in [0, 0.05) is 63.5 Å². The summed E-state index contributed by atoms with van der Waals surface area (Å²) in [5.41, 5.74) is 4.22. The Morgan fingerprint density at radius 2 is 1.62 bits per heavy atom. The van der Waals surface area contributed by atoms with E-state index in [-0.39, 0.29) is 6.03 Å². The van der Waals surface area contributed by atoms with Crippen LogP contribution < -0.4 is 15.1 Å². The second-order valence-corrected chi connectivity index (χ2v) is 9.22. The van der Waals surface area contributed by atoms with E-state index in [0.717, 1.165) is 74.4 Å². The average Bonchev–Trinajstić information content (AvgIpc) is 3.35. The number of carbonyl (C=O) groups excluding carboxylic acids is 1. The van der Waals surface area contributed by atoms with Crippen LogP contribution in [0.5, 0.6) is 0 Å². The fourth-order valence-corrected chi connectivity index (χ4v) is 4.74. The summed E-state index contributed by atoms with van der Waals surface area (Å²) >= 11 is 0. The van der Waals surface area contributed by atoms with Gasteiger partial charge >= 0.3 is 6.03 Å². The number of hydrogen-bond acceptors (Lipinski definition) is 6. The van der Waals surface area contributed by atoms with Crippen LogP contribution >= 0.6 is 0 Å². The molecule has 1 aromatic heterocycles. The molecule has 2 fully saturated rings. The van der Waals surface area contributed by atoms with Crippen LogP contribution in [0.1, 0.15) is 29.7 Å². The van der Waals surface area contributed by atoms with Crippen molar-refractivity contribution in [1.82, 2.24) is 19.8 Å². The summed E-state index contributed by atoms with van der Waals surface area (Å²) in [7, 11) is 2.17. The molecule has 8 nitrogen and oxygen atoms in total. The van der Waals surface area contributed by atoms with Crippen molar-refractivity contribution in [3.05, 3.63) is 41.1 Å². The standard InChI is InChI=1S/C24H33N7O/c1-18-5-7-19(8-6-18)25-24(32)31-12-9-21-20(17-31)22(29-15-13-28(2)14-16-29)27-23(26-21)30-10-3-4-11-30/h5-8H,3-4,9-17H2,1-2H3,(H,25,32). The first-order valence-corrected chi connectivity index (χ1v) is 11.8. The number of anilines is 3. The third-order valence-electron chi connectivity index (χ3n) is 6.81. The highest BCUT2D eigenvalue weighted by Crippen LogP contribution is 2.31. The first-order chi connectivity index (χ1) is 15.6. The van der Waals surface area contributed by atoms with Crippen molar-refractivity contribution in [3.8, 4) is 0 Å². The lowest BCUT2D eigenvalue weighted by atomic mass is 10.1. The van der Waals surface area contributed by atoms with Gasteiger partial charge in [0.05, 0.1) is 12.2 Å². The van der Waals surface area contributed by atoms with E-state index < -0.39 is 0 Å². The maximum absolute atomic E-state index is 13.0. The molecule has 170 valence electrons. The topological polar surface area (TPSA) is 67.8 Å². The molecule has 0 atom stereocenters. The van der Waals surface area contributed by atoms with Crippen molar-refractivity contribution < 1.29 is 4.79 Å². The van der Waals surface area contributed by atoms with Crippen LogP contribution in [0.15, 0.2) is 24.3 Å². The van der Waals surface area contributed by atoms with E-state index in [1.807, 2.05) is 36.1 Å². The van der Waals surface area contributed by atoms with Gasteiger partial charge in [0.1, 0.15) is 5.82 Å². The van der Waals surface area contributed by atoms with Crippen LogP contribution in [-0.2, 0) is 13.0 Å². The molecule has 4 heterocycles. The first kappa shape index (κ1) is 21.0. The number of aryl methyl sites for hydroxylation is 1. The minimum absolute atomic E-state index is 0.0625. The molecule has 2 amide bonds. The zero-order valence-corrected chi connectivity index (χ0v) is 19.2. The highest BCUT2D eigenvalue weighted by molar-refractivity contribution is 5.89. The molecule has 0 aliphatic carbocycles. The van der Waals surface area contributed by atoms with E-state index in [4.69, 9.17) is 9.97 Å². The Hall–Kier alpha value is -2.87. The van der Waals surface area contributed by atoms with Gasteiger partial charge in [-0.1, -0.05) is 17.7 Å². The summed E-state index contributed by atoms with van der Waals surface area (Å²) in [6, 6.07) is 7.87. The van der Waals surface area contributed by atoms with Gasteiger partial charge in [-0.25, -0.2) is 9.78 Å². The largest absolute Gasteiger partial charge is 0.354 e. The van der Waals surface area contributed by atoms with Crippen LogP contribution in [0, 0.1) is 6.92 Å². The van der Waals surface area contributed by atoms with Crippen LogP contribution in [0.25, 0.3) is 0 Å². The zero-order chi connectivity index (χ0) is 22.1. The van der Waals surface area contributed by atoms with Crippen LogP contribution in [0.3, 0.4) is 0 Å². The van der Waals surface area contributed by atoms with E-state index in [0.29, 0.717) is 13.1 Å². The molecule has 2 aromatic rings. The lowest BCUT2D eigenvalue weighted by Crippen LogP contribution is -2.46. The van der Waals surface area contributed by atoms with E-state index >= 15 is 0 Å². The normalized spacial score (nSPS) is 19.2. The van der Waals surface area contributed by atoms with Gasteiger partial charge in [-0.2, -0.15) is 4.98 Å². The predicted octanol–water partition coefficient (Wildman–Crippen LogP) is 2.73. The molecule has 0 bridgehead atoms. The fraction of sp³-hybridized carbons (Fsp3) is 0.542. The molecule has 32 heavy (non-hydrogen) atoms. The number of nitrogens with one attached hydrogen (secondary N) is 1. The lowest BCUT2D eigenvalue weighted by molar-refractivity contribution is 0.206. The Bertz CT molecular complexity index is 963. The minimum atomic E-state index is -0.0625. The van der Waals surface area contributed by atoms with E-state index in [2.05, 4.69) is 27.1 Å². The average molecular weight is 436 g/mol. The molecule has 0 saturated carbocycles. The molecule has 5 rings (SSSR count). The molecule has 3 aliphatic heterocycles. The Morgan fingerprint density at radius 3 is 2.34 bits per heavy atom. The molecule has 0 radical (unpaired) electrons. The number of rotatable bonds is 3. The van der Waals surface area contributed by atoms with E-state index in [9.17, 15) is 4.79 Å². The predicted molar refractivity (Wildman–Crippen MR) is 128 cm³/mol. The van der Waals surface area contributed by atoms with Crippen LogP contribution in [0.4, 0.5) is 22.2 Å². The summed E-state index contributed by atoms with van der Waals surface area (Å²) in [4.78, 5) is 32.0. The second kappa shape index (κ2) is 8.94. The molecule has 1 aromatic carbocycles. The molecule has 0 unspecified atom stereocenters. The zero-order valence-electron chi connectivity index (χ0n) is 19.2. The summed E-state index contributed by atoms with van der Waals surface area (Å²) in [5.74, 6) is 1.89. The van der Waals surface area contributed by atoms with E-state index in [1.54, 1.807) is 0 Å². The Morgan fingerprint density at radius 1 is 0.906 bits per heavy atom. The van der Waals surface area contributed by atoms with Gasteiger partial charge < -0.3 is 24.9 Å². The number of aromatic nitrogens is 2. The summed E-state index contributed by atoms with van der Waals surface area (Å²) in [6.07, 6.45) is 3.18. The van der Waals surface area contributed by atoms with Gasteiger partial charge in [-0.05, 0) is 38.9 Å². The van der Waals surface area contributed by atoms with Crippen molar-refractivity contribution in [1.29, 1.82) is 0 Å². The molecule has 8 heteroatoms. The highest BCUT2D eigenvalue weighted by atomic mass is 16.2. The van der Waals surface area contributed by atoms with Crippen molar-refractivity contribution in [2.75, 3.05) is 68.0 Å². The first-order valence-electron chi connectivity index (χ1n) is 11.8. The highest BCUT2D eigenvalue weighted by Gasteiger charge is 2.30. The molecular formula is C24H33N7O. The number of likely N-dealkylation sites (N-methyl/N-ethyl adjacent to an activating group) is 1. The van der Waals surface area contributed by atoms with Crippen molar-refractivity contribution in [2.45, 2.75) is 32.7 Å². The third-order valence-corrected chi connectivity index (χ3v) is 6.81. The smallest absolute Gasteiger partial charge is 0.322 e. The van der Waals surface area contributed by atoms with Crippen LogP contribution in [0.2, 0.25) is 0 Å². The summed E-state index contributed by atoms with van der Waals surface area (Å²) < 4.78 is 0. The molecule has 2 saturated heterocycles. The summed E-state index contributed by atoms with van der Waals surface area (Å²) in [6.45, 7) is 9.29. The van der Waals surface area contributed by atoms with Gasteiger partial charge in [0.2, 0.25) is 5.95 Å². The van der Waals surface area contributed by atoms with Crippen LogP contribution in [-0.4, -0.2) is 78.7 Å². The van der Waals surface area contributed by atoms with E-state index in [1.165, 1.54) is 18.4 Å². The van der Waals surface area contributed by atoms with Gasteiger partial charge in [-0.15, -0.1) is 0 Å². The number of carbonyl (C=O) groups is 1. The third kappa shape index (κ3) is 4.37. The summed E-state index contributed by atoms with van der Waals surface area (Å²) in [5, 5.41) is 3.05. The number of fused-ring (bicyclic) bond motifs is 1. The maximum Gasteiger partial charge on any atom is 0.322 e. The SMILES string of the molecule is Cc1ccc(NC(=O)N2CCc3nc(N4CCCC4)nc(N4CCN(C)CC4)c3C2)cc1. The number of piperazine rings is 1. The minimum Gasteiger partial charge on any atom is -0.354 e. The van der Waals surface area contributed by atoms with Gasteiger partial charge in [0.15, 0.2) is 0 Å². The Balaban J connectivity index is 1.40. The Kier molecular flexibility index (Phi) is 5.87. The second-order valence-electron chi connectivity index (χ2n) is 9.22. The van der Waals surface area contributed by atoms with Gasteiger partial charge in [-0.3, -0.25) is 0 Å². The monoisotopic (exact) mass is 435 g/mol. The number of hydrogen-bond donors (Lipinski definition) is 1. The fourth-order valence-electron chi connectivity index (χ4n) is 4.74. The van der Waals surface area contributed by atoms with Crippen molar-refractivity contribution in [3.63, 3.8) is 0 Å². The molecular weight excluding hydrogens is 402 g/mol. The van der Waals surface area contributed by atoms with Crippen molar-refractivity contribution in [2.24, 2.45) is 0 Å². The number of urea groups is 1. The molecule has 0 spiro atoms. The van der Waals surface area contributed by atoms with Gasteiger partial charge in [0.25, 0.3) is 0 Å². The lowest BCUT2D eigenvalue weighted by Gasteiger charge is -2.37. The Labute approximate surface area is 190 Å². The number of nitrogens with zero attached hydrogens (tertiary/aromatic N) is 6. The maximum atomic E-state index is 13.0. The number of amides is 2.